The van der Waals surface area contributed by atoms with Crippen LogP contribution >= 0.6 is 0 Å². The number of hydrogen-bond donors (Lipinski definition) is 0. The topological polar surface area (TPSA) is 38.1 Å². The highest BCUT2D eigenvalue weighted by Crippen LogP contribution is 2.22. The summed E-state index contributed by atoms with van der Waals surface area (Å²) in [4.78, 5) is 18.4. The molecule has 0 saturated carbocycles. The molecule has 19 heavy (non-hydrogen) atoms. The zero-order valence-electron chi connectivity index (χ0n) is 11.9. The van der Waals surface area contributed by atoms with Gasteiger partial charge in [-0.15, -0.1) is 6.58 Å². The van der Waals surface area contributed by atoms with E-state index in [4.69, 9.17) is 0 Å². The molecule has 0 atom stereocenters. The second-order valence-electron chi connectivity index (χ2n) is 4.91. The lowest BCUT2D eigenvalue weighted by Gasteiger charge is -2.14. The van der Waals surface area contributed by atoms with Gasteiger partial charge in [-0.1, -0.05) is 6.08 Å². The highest BCUT2D eigenvalue weighted by molar-refractivity contribution is 5.99. The Labute approximate surface area is 113 Å². The Morgan fingerprint density at radius 2 is 2.16 bits per heavy atom. The van der Waals surface area contributed by atoms with E-state index in [-0.39, 0.29) is 5.91 Å². The average molecular weight is 257 g/mol. The molecule has 0 aliphatic carbocycles. The smallest absolute Gasteiger partial charge is 0.253 e. The van der Waals surface area contributed by atoms with E-state index in [2.05, 4.69) is 11.6 Å². The van der Waals surface area contributed by atoms with Gasteiger partial charge in [-0.3, -0.25) is 4.79 Å². The summed E-state index contributed by atoms with van der Waals surface area (Å²) in [5, 5.41) is 0. The number of benzene rings is 1. The average Bonchev–Trinajstić information content (AvgIpc) is 2.63. The second kappa shape index (κ2) is 4.88. The minimum absolute atomic E-state index is 0.0117. The van der Waals surface area contributed by atoms with Crippen molar-refractivity contribution < 1.29 is 4.79 Å². The minimum Gasteiger partial charge on any atom is -0.345 e. The van der Waals surface area contributed by atoms with Crippen LogP contribution in [0.15, 0.2) is 24.8 Å². The van der Waals surface area contributed by atoms with Gasteiger partial charge in [-0.2, -0.15) is 0 Å². The molecule has 2 aromatic rings. The van der Waals surface area contributed by atoms with Crippen molar-refractivity contribution in [3.05, 3.63) is 41.7 Å². The van der Waals surface area contributed by atoms with Crippen molar-refractivity contribution >= 4 is 16.9 Å². The third kappa shape index (κ3) is 2.26. The van der Waals surface area contributed by atoms with Crippen molar-refractivity contribution in [3.63, 3.8) is 0 Å². The molecule has 2 rings (SSSR count). The first-order valence-electron chi connectivity index (χ1n) is 6.24. The van der Waals surface area contributed by atoms with E-state index in [0.29, 0.717) is 6.42 Å². The van der Waals surface area contributed by atoms with Crippen LogP contribution in [0.4, 0.5) is 0 Å². The lowest BCUT2D eigenvalue weighted by Crippen LogP contribution is -2.23. The Morgan fingerprint density at radius 1 is 1.47 bits per heavy atom. The van der Waals surface area contributed by atoms with Crippen LogP contribution in [-0.4, -0.2) is 34.5 Å². The maximum absolute atomic E-state index is 12.3. The molecule has 1 aromatic heterocycles. The molecule has 0 aliphatic heterocycles. The van der Waals surface area contributed by atoms with Crippen molar-refractivity contribution in [2.75, 3.05) is 14.1 Å². The number of hydrogen-bond acceptors (Lipinski definition) is 2. The number of nitrogens with zero attached hydrogens (tertiary/aromatic N) is 3. The maximum Gasteiger partial charge on any atom is 0.253 e. The molecule has 0 saturated heterocycles. The largest absolute Gasteiger partial charge is 0.345 e. The van der Waals surface area contributed by atoms with E-state index in [0.717, 1.165) is 28.0 Å². The summed E-state index contributed by atoms with van der Waals surface area (Å²) in [7, 11) is 5.49. The summed E-state index contributed by atoms with van der Waals surface area (Å²) in [6, 6.07) is 3.91. The van der Waals surface area contributed by atoms with Gasteiger partial charge < -0.3 is 9.47 Å². The fourth-order valence-corrected chi connectivity index (χ4v) is 2.17. The highest BCUT2D eigenvalue weighted by atomic mass is 16.2. The first kappa shape index (κ1) is 13.3. The molecule has 1 amide bonds. The molecular weight excluding hydrogens is 238 g/mol. The third-order valence-electron chi connectivity index (χ3n) is 3.33. The van der Waals surface area contributed by atoms with Crippen molar-refractivity contribution in [2.24, 2.45) is 7.05 Å². The summed E-state index contributed by atoms with van der Waals surface area (Å²) < 4.78 is 2.00. The van der Waals surface area contributed by atoms with Crippen LogP contribution in [-0.2, 0) is 13.5 Å². The van der Waals surface area contributed by atoms with Gasteiger partial charge in [0.2, 0.25) is 0 Å². The molecule has 1 heterocycles. The second-order valence-corrected chi connectivity index (χ2v) is 4.91. The van der Waals surface area contributed by atoms with Crippen LogP contribution in [0.3, 0.4) is 0 Å². The zero-order chi connectivity index (χ0) is 14.2. The molecule has 0 N–H and O–H groups in total. The van der Waals surface area contributed by atoms with Crippen LogP contribution in [0.2, 0.25) is 0 Å². The van der Waals surface area contributed by atoms with Gasteiger partial charge in [0.1, 0.15) is 5.82 Å². The van der Waals surface area contributed by atoms with Gasteiger partial charge in [-0.25, -0.2) is 4.98 Å². The predicted molar refractivity (Wildman–Crippen MR) is 77.4 cm³/mol. The van der Waals surface area contributed by atoms with Crippen molar-refractivity contribution in [2.45, 2.75) is 13.3 Å². The van der Waals surface area contributed by atoms with Gasteiger partial charge in [0.25, 0.3) is 5.91 Å². The molecule has 0 spiro atoms. The van der Waals surface area contributed by atoms with Gasteiger partial charge >= 0.3 is 0 Å². The molecule has 4 nitrogen and oxygen atoms in total. The molecule has 0 fully saturated rings. The van der Waals surface area contributed by atoms with Crippen LogP contribution < -0.4 is 0 Å². The summed E-state index contributed by atoms with van der Waals surface area (Å²) in [5.41, 5.74) is 3.60. The third-order valence-corrected chi connectivity index (χ3v) is 3.33. The Morgan fingerprint density at radius 3 is 2.74 bits per heavy atom. The standard InChI is InChI=1S/C15H19N3O/c1-6-7-11-8-13-14(18(5)10(2)16-13)9-12(11)15(19)17(3)4/h6,8-9H,1,7H2,2-5H3. The molecule has 0 bridgehead atoms. The SMILES string of the molecule is C=CCc1cc2nc(C)n(C)c2cc1C(=O)N(C)C. The number of imidazole rings is 1. The van der Waals surface area contributed by atoms with Crippen molar-refractivity contribution in [1.29, 1.82) is 0 Å². The number of amides is 1. The molecule has 100 valence electrons. The minimum atomic E-state index is 0.0117. The van der Waals surface area contributed by atoms with E-state index >= 15 is 0 Å². The normalized spacial score (nSPS) is 10.7. The summed E-state index contributed by atoms with van der Waals surface area (Å²) >= 11 is 0. The van der Waals surface area contributed by atoms with Gasteiger partial charge in [0.15, 0.2) is 0 Å². The van der Waals surface area contributed by atoms with E-state index in [1.807, 2.05) is 36.7 Å². The number of carbonyl (C=O) groups excluding carboxylic acids is 1. The summed E-state index contributed by atoms with van der Waals surface area (Å²) in [6.45, 7) is 5.71. The summed E-state index contributed by atoms with van der Waals surface area (Å²) in [5.74, 6) is 0.951. The summed E-state index contributed by atoms with van der Waals surface area (Å²) in [6.07, 6.45) is 2.48. The van der Waals surface area contributed by atoms with Gasteiger partial charge in [0, 0.05) is 26.7 Å². The maximum atomic E-state index is 12.3. The van der Waals surface area contributed by atoms with Crippen LogP contribution in [0.5, 0.6) is 0 Å². The van der Waals surface area contributed by atoms with Crippen molar-refractivity contribution in [1.82, 2.24) is 14.5 Å². The predicted octanol–water partition coefficient (Wildman–Crippen LogP) is 2.31. The van der Waals surface area contributed by atoms with Crippen molar-refractivity contribution in [3.8, 4) is 0 Å². The molecule has 4 heteroatoms. The quantitative estimate of drug-likeness (QED) is 0.791. The number of aromatic nitrogens is 2. The number of rotatable bonds is 3. The number of carbonyl (C=O) groups is 1. The lowest BCUT2D eigenvalue weighted by molar-refractivity contribution is 0.0827. The zero-order valence-corrected chi connectivity index (χ0v) is 11.9. The molecular formula is C15H19N3O. The molecule has 0 unspecified atom stereocenters. The lowest BCUT2D eigenvalue weighted by atomic mass is 10.0. The first-order valence-corrected chi connectivity index (χ1v) is 6.24. The van der Waals surface area contributed by atoms with Crippen LogP contribution in [0.1, 0.15) is 21.7 Å². The molecule has 0 aliphatic rings. The monoisotopic (exact) mass is 257 g/mol. The first-order chi connectivity index (χ1) is 8.95. The van der Waals surface area contributed by atoms with E-state index < -0.39 is 0 Å². The highest BCUT2D eigenvalue weighted by Gasteiger charge is 2.16. The van der Waals surface area contributed by atoms with E-state index in [1.165, 1.54) is 0 Å². The Balaban J connectivity index is 2.71. The van der Waals surface area contributed by atoms with Crippen LogP contribution in [0.25, 0.3) is 11.0 Å². The van der Waals surface area contributed by atoms with Gasteiger partial charge in [0.05, 0.1) is 11.0 Å². The Hall–Kier alpha value is -2.10. The fraction of sp³-hybridized carbons (Fsp3) is 0.333. The van der Waals surface area contributed by atoms with E-state index in [9.17, 15) is 4.79 Å². The number of allylic oxidation sites excluding steroid dienone is 1. The Kier molecular flexibility index (Phi) is 3.42. The van der Waals surface area contributed by atoms with Crippen LogP contribution in [0, 0.1) is 6.92 Å². The Bertz CT molecular complexity index is 653. The van der Waals surface area contributed by atoms with E-state index in [1.54, 1.807) is 19.0 Å². The number of fused-ring (bicyclic) bond motifs is 1. The molecule has 0 radical (unpaired) electrons. The number of aryl methyl sites for hydroxylation is 2. The molecule has 1 aromatic carbocycles. The van der Waals surface area contributed by atoms with Gasteiger partial charge in [-0.05, 0) is 31.0 Å². The fourth-order valence-electron chi connectivity index (χ4n) is 2.17.